The molecule has 0 saturated heterocycles. The van der Waals surface area contributed by atoms with Crippen molar-refractivity contribution in [2.24, 2.45) is 7.05 Å². The molecule has 120 valence electrons. The van der Waals surface area contributed by atoms with E-state index >= 15 is 0 Å². The molecule has 0 bridgehead atoms. The lowest BCUT2D eigenvalue weighted by Crippen LogP contribution is -1.98. The number of aryl methyl sites for hydroxylation is 1. The number of hydrogen-bond acceptors (Lipinski definition) is 3. The molecule has 0 N–H and O–H groups in total. The summed E-state index contributed by atoms with van der Waals surface area (Å²) < 4.78 is 9.51. The van der Waals surface area contributed by atoms with E-state index in [1.165, 1.54) is 5.56 Å². The Morgan fingerprint density at radius 2 is 1.96 bits per heavy atom. The molecule has 0 aliphatic rings. The summed E-state index contributed by atoms with van der Waals surface area (Å²) >= 11 is 0. The largest absolute Gasteiger partial charge is 0.496 e. The summed E-state index contributed by atoms with van der Waals surface area (Å²) in [4.78, 5) is 4.53. The van der Waals surface area contributed by atoms with Gasteiger partial charge in [-0.2, -0.15) is 5.10 Å². The number of benzene rings is 2. The highest BCUT2D eigenvalue weighted by molar-refractivity contribution is 5.86. The minimum atomic E-state index is 0.788. The molecule has 0 amide bonds. The first-order valence-electron chi connectivity index (χ1n) is 7.80. The second-order valence-electron chi connectivity index (χ2n) is 5.80. The molecule has 4 rings (SSSR count). The van der Waals surface area contributed by atoms with Gasteiger partial charge in [-0.05, 0) is 11.6 Å². The van der Waals surface area contributed by atoms with E-state index in [0.717, 1.165) is 34.5 Å². The van der Waals surface area contributed by atoms with E-state index in [-0.39, 0.29) is 0 Å². The molecule has 24 heavy (non-hydrogen) atoms. The van der Waals surface area contributed by atoms with Crippen molar-refractivity contribution in [3.8, 4) is 16.9 Å². The van der Waals surface area contributed by atoms with Crippen LogP contribution in [0.3, 0.4) is 0 Å². The Morgan fingerprint density at radius 3 is 2.67 bits per heavy atom. The Bertz CT molecular complexity index is 985. The molecule has 0 saturated carbocycles. The third-order valence-electron chi connectivity index (χ3n) is 4.15. The second-order valence-corrected chi connectivity index (χ2v) is 5.80. The Hall–Kier alpha value is -3.08. The maximum Gasteiger partial charge on any atom is 0.129 e. The maximum atomic E-state index is 5.56. The van der Waals surface area contributed by atoms with Gasteiger partial charge in [-0.1, -0.05) is 30.3 Å². The molecule has 0 fully saturated rings. The summed E-state index contributed by atoms with van der Waals surface area (Å²) in [6, 6.07) is 14.5. The number of nitrogens with zero attached hydrogens (tertiary/aromatic N) is 4. The number of rotatable bonds is 4. The normalized spacial score (nSPS) is 11.1. The fraction of sp³-hybridized carbons (Fsp3) is 0.158. The SMILES string of the molecule is COc1cc2ncn(Cc3ccccc3)c2cc1-c1cnn(C)c1. The topological polar surface area (TPSA) is 44.9 Å². The van der Waals surface area contributed by atoms with Crippen LogP contribution in [0, 0.1) is 0 Å². The van der Waals surface area contributed by atoms with Gasteiger partial charge in [0.1, 0.15) is 5.75 Å². The monoisotopic (exact) mass is 318 g/mol. The van der Waals surface area contributed by atoms with Gasteiger partial charge in [-0.25, -0.2) is 4.98 Å². The van der Waals surface area contributed by atoms with Crippen molar-refractivity contribution >= 4 is 11.0 Å². The third-order valence-corrected chi connectivity index (χ3v) is 4.15. The van der Waals surface area contributed by atoms with Crippen molar-refractivity contribution in [3.05, 3.63) is 66.7 Å². The van der Waals surface area contributed by atoms with Gasteiger partial charge < -0.3 is 9.30 Å². The molecule has 2 aromatic carbocycles. The molecule has 0 unspecified atom stereocenters. The number of ether oxygens (including phenoxy) is 1. The molecule has 4 aromatic rings. The summed E-state index contributed by atoms with van der Waals surface area (Å²) in [5.74, 6) is 0.806. The van der Waals surface area contributed by atoms with Crippen LogP contribution in [0.2, 0.25) is 0 Å². The molecule has 0 spiro atoms. The lowest BCUT2D eigenvalue weighted by molar-refractivity contribution is 0.417. The summed E-state index contributed by atoms with van der Waals surface area (Å²) in [6.45, 7) is 0.788. The third kappa shape index (κ3) is 2.54. The average molecular weight is 318 g/mol. The van der Waals surface area contributed by atoms with E-state index in [1.54, 1.807) is 11.8 Å². The van der Waals surface area contributed by atoms with Gasteiger partial charge in [0.2, 0.25) is 0 Å². The number of fused-ring (bicyclic) bond motifs is 1. The van der Waals surface area contributed by atoms with Crippen LogP contribution in [0.5, 0.6) is 5.75 Å². The van der Waals surface area contributed by atoms with E-state index < -0.39 is 0 Å². The molecule has 0 atom stereocenters. The molecule has 5 nitrogen and oxygen atoms in total. The first-order valence-corrected chi connectivity index (χ1v) is 7.80. The Balaban J connectivity index is 1.83. The van der Waals surface area contributed by atoms with E-state index in [4.69, 9.17) is 4.74 Å². The Kier molecular flexibility index (Phi) is 3.54. The standard InChI is InChI=1S/C19H18N4O/c1-22-12-15(10-21-22)16-8-18-17(9-19(16)24-2)20-13-23(18)11-14-6-4-3-5-7-14/h3-10,12-13H,11H2,1-2H3. The zero-order valence-electron chi connectivity index (χ0n) is 13.7. The van der Waals surface area contributed by atoms with Crippen LogP contribution in [0.25, 0.3) is 22.2 Å². The van der Waals surface area contributed by atoms with Gasteiger partial charge in [-0.3, -0.25) is 4.68 Å². The van der Waals surface area contributed by atoms with Gasteiger partial charge in [0.25, 0.3) is 0 Å². The van der Waals surface area contributed by atoms with Crippen LogP contribution in [-0.4, -0.2) is 26.4 Å². The number of hydrogen-bond donors (Lipinski definition) is 0. The van der Waals surface area contributed by atoms with Crippen LogP contribution in [0.15, 0.2) is 61.2 Å². The van der Waals surface area contributed by atoms with E-state index in [0.29, 0.717) is 0 Å². The van der Waals surface area contributed by atoms with Crippen molar-refractivity contribution in [2.75, 3.05) is 7.11 Å². The average Bonchev–Trinajstić information content (AvgIpc) is 3.21. The van der Waals surface area contributed by atoms with E-state index in [9.17, 15) is 0 Å². The van der Waals surface area contributed by atoms with Gasteiger partial charge >= 0.3 is 0 Å². The number of imidazole rings is 1. The minimum absolute atomic E-state index is 0.788. The fourth-order valence-corrected chi connectivity index (χ4v) is 2.95. The minimum Gasteiger partial charge on any atom is -0.496 e. The summed E-state index contributed by atoms with van der Waals surface area (Å²) in [5, 5.41) is 4.26. The zero-order valence-corrected chi connectivity index (χ0v) is 13.7. The van der Waals surface area contributed by atoms with Crippen LogP contribution in [0.4, 0.5) is 0 Å². The molecule has 0 aliphatic heterocycles. The lowest BCUT2D eigenvalue weighted by atomic mass is 10.1. The first kappa shape index (κ1) is 14.5. The van der Waals surface area contributed by atoms with Crippen molar-refractivity contribution in [1.82, 2.24) is 19.3 Å². The quantitative estimate of drug-likeness (QED) is 0.578. The smallest absolute Gasteiger partial charge is 0.129 e. The van der Waals surface area contributed by atoms with E-state index in [2.05, 4.69) is 45.0 Å². The molecule has 0 radical (unpaired) electrons. The first-order chi connectivity index (χ1) is 11.7. The molecule has 5 heteroatoms. The van der Waals surface area contributed by atoms with Crippen LogP contribution < -0.4 is 4.74 Å². The second kappa shape index (κ2) is 5.85. The molecular weight excluding hydrogens is 300 g/mol. The van der Waals surface area contributed by atoms with Crippen LogP contribution >= 0.6 is 0 Å². The van der Waals surface area contributed by atoms with Gasteiger partial charge in [0.05, 0.1) is 30.7 Å². The fourth-order valence-electron chi connectivity index (χ4n) is 2.95. The number of methoxy groups -OCH3 is 1. The highest BCUT2D eigenvalue weighted by Gasteiger charge is 2.13. The maximum absolute atomic E-state index is 5.56. The predicted molar refractivity (Wildman–Crippen MR) is 94.0 cm³/mol. The van der Waals surface area contributed by atoms with Crippen LogP contribution in [-0.2, 0) is 13.6 Å². The number of aromatic nitrogens is 4. The summed E-state index contributed by atoms with van der Waals surface area (Å²) in [5.41, 5.74) is 5.31. The van der Waals surface area contributed by atoms with E-state index in [1.807, 2.05) is 37.9 Å². The van der Waals surface area contributed by atoms with Gasteiger partial charge in [0, 0.05) is 37.0 Å². The van der Waals surface area contributed by atoms with Crippen molar-refractivity contribution < 1.29 is 4.74 Å². The predicted octanol–water partition coefficient (Wildman–Crippen LogP) is 3.49. The lowest BCUT2D eigenvalue weighted by Gasteiger charge is -2.09. The molecule has 2 heterocycles. The summed E-state index contributed by atoms with van der Waals surface area (Å²) in [6.07, 6.45) is 5.72. The molecule has 2 aromatic heterocycles. The van der Waals surface area contributed by atoms with Crippen LogP contribution in [0.1, 0.15) is 5.56 Å². The van der Waals surface area contributed by atoms with Gasteiger partial charge in [0.15, 0.2) is 0 Å². The highest BCUT2D eigenvalue weighted by atomic mass is 16.5. The Labute approximate surface area is 140 Å². The molecular formula is C19H18N4O. The summed E-state index contributed by atoms with van der Waals surface area (Å²) in [7, 11) is 3.59. The van der Waals surface area contributed by atoms with Gasteiger partial charge in [-0.15, -0.1) is 0 Å². The molecule has 0 aliphatic carbocycles. The van der Waals surface area contributed by atoms with Crippen molar-refractivity contribution in [2.45, 2.75) is 6.54 Å². The Morgan fingerprint density at radius 1 is 1.12 bits per heavy atom. The highest BCUT2D eigenvalue weighted by Crippen LogP contribution is 2.33. The van der Waals surface area contributed by atoms with Crippen molar-refractivity contribution in [1.29, 1.82) is 0 Å². The zero-order chi connectivity index (χ0) is 16.5. The van der Waals surface area contributed by atoms with Crippen molar-refractivity contribution in [3.63, 3.8) is 0 Å².